The summed E-state index contributed by atoms with van der Waals surface area (Å²) in [7, 11) is 1.62. The molecule has 112 valence electrons. The van der Waals surface area contributed by atoms with Crippen LogP contribution in [-0.2, 0) is 18.0 Å². The predicted octanol–water partition coefficient (Wildman–Crippen LogP) is 1.92. The molecule has 2 aromatic rings. The molecular formula is C15H18N2O4. The fourth-order valence-electron chi connectivity index (χ4n) is 1.94. The Kier molecular flexibility index (Phi) is 4.97. The van der Waals surface area contributed by atoms with Crippen LogP contribution in [0.25, 0.3) is 0 Å². The van der Waals surface area contributed by atoms with Gasteiger partial charge in [-0.15, -0.1) is 0 Å². The van der Waals surface area contributed by atoms with Crippen LogP contribution >= 0.6 is 0 Å². The highest BCUT2D eigenvalue weighted by Crippen LogP contribution is 2.17. The number of aryl methyl sites for hydroxylation is 1. The zero-order valence-corrected chi connectivity index (χ0v) is 12.0. The van der Waals surface area contributed by atoms with Gasteiger partial charge in [-0.05, 0) is 30.7 Å². The first kappa shape index (κ1) is 15.1. The van der Waals surface area contributed by atoms with Crippen LogP contribution in [0.15, 0.2) is 34.7 Å². The van der Waals surface area contributed by atoms with E-state index in [4.69, 9.17) is 19.7 Å². The number of carbonyl (C=O) groups excluding carboxylic acids is 1. The summed E-state index contributed by atoms with van der Waals surface area (Å²) in [6.45, 7) is 2.48. The van der Waals surface area contributed by atoms with Gasteiger partial charge in [0.1, 0.15) is 18.1 Å². The summed E-state index contributed by atoms with van der Waals surface area (Å²) in [4.78, 5) is 11.4. The Balaban J connectivity index is 1.93. The second-order valence-corrected chi connectivity index (χ2v) is 4.54. The summed E-state index contributed by atoms with van der Waals surface area (Å²) in [6, 6.07) is 9.38. The number of furan rings is 1. The monoisotopic (exact) mass is 290 g/mol. The number of nitrogen functional groups attached to an aromatic ring is 1. The van der Waals surface area contributed by atoms with E-state index in [0.29, 0.717) is 12.4 Å². The van der Waals surface area contributed by atoms with Crippen LogP contribution in [0.2, 0.25) is 0 Å². The predicted molar refractivity (Wildman–Crippen MR) is 76.6 cm³/mol. The van der Waals surface area contributed by atoms with Gasteiger partial charge in [0.2, 0.25) is 0 Å². The molecule has 2 rings (SSSR count). The van der Waals surface area contributed by atoms with E-state index in [1.54, 1.807) is 20.1 Å². The molecule has 6 heteroatoms. The van der Waals surface area contributed by atoms with Crippen LogP contribution in [0.1, 0.15) is 27.4 Å². The largest absolute Gasteiger partial charge is 0.497 e. The molecular weight excluding hydrogens is 272 g/mol. The molecule has 1 heterocycles. The summed E-state index contributed by atoms with van der Waals surface area (Å²) in [5.41, 5.74) is 3.76. The van der Waals surface area contributed by atoms with E-state index in [9.17, 15) is 4.79 Å². The topological polar surface area (TPSA) is 86.7 Å². The molecule has 0 unspecified atom stereocenters. The maximum atomic E-state index is 11.4. The fourth-order valence-corrected chi connectivity index (χ4v) is 1.94. The maximum absolute atomic E-state index is 11.4. The first-order valence-corrected chi connectivity index (χ1v) is 6.45. The minimum Gasteiger partial charge on any atom is -0.497 e. The van der Waals surface area contributed by atoms with Gasteiger partial charge in [0.25, 0.3) is 0 Å². The zero-order valence-electron chi connectivity index (χ0n) is 12.0. The number of amides is 1. The van der Waals surface area contributed by atoms with Crippen LogP contribution in [-0.4, -0.2) is 13.0 Å². The van der Waals surface area contributed by atoms with Crippen molar-refractivity contribution in [3.63, 3.8) is 0 Å². The molecule has 0 atom stereocenters. The van der Waals surface area contributed by atoms with Gasteiger partial charge < -0.3 is 13.9 Å². The molecule has 3 N–H and O–H groups in total. The van der Waals surface area contributed by atoms with E-state index < -0.39 is 5.91 Å². The summed E-state index contributed by atoms with van der Waals surface area (Å²) < 4.78 is 16.1. The molecule has 0 saturated carbocycles. The molecule has 0 bridgehead atoms. The summed E-state index contributed by atoms with van der Waals surface area (Å²) in [6.07, 6.45) is 0. The molecule has 0 aliphatic heterocycles. The van der Waals surface area contributed by atoms with Crippen molar-refractivity contribution in [1.29, 1.82) is 0 Å². The second-order valence-electron chi connectivity index (χ2n) is 4.54. The van der Waals surface area contributed by atoms with Crippen LogP contribution in [0.4, 0.5) is 0 Å². The van der Waals surface area contributed by atoms with Crippen LogP contribution in [0.3, 0.4) is 0 Å². The molecule has 0 radical (unpaired) electrons. The number of hydrazine groups is 1. The molecule has 6 nitrogen and oxygen atoms in total. The van der Waals surface area contributed by atoms with Gasteiger partial charge >= 0.3 is 5.91 Å². The van der Waals surface area contributed by atoms with Crippen molar-refractivity contribution in [1.82, 2.24) is 5.43 Å². The lowest BCUT2D eigenvalue weighted by atomic mass is 10.2. The Hall–Kier alpha value is -2.31. The molecule has 0 aliphatic carbocycles. The molecule has 1 amide bonds. The standard InChI is InChI=1S/C15H18N2O4/c1-10-6-13(21-14(10)15(18)17-16)9-20-8-11-4-3-5-12(7-11)19-2/h3-7H,8-9,16H2,1-2H3,(H,17,18). The Morgan fingerprint density at radius 3 is 2.86 bits per heavy atom. The van der Waals surface area contributed by atoms with Crippen molar-refractivity contribution in [3.8, 4) is 5.75 Å². The van der Waals surface area contributed by atoms with Gasteiger partial charge in [0.15, 0.2) is 5.76 Å². The number of hydrogen-bond acceptors (Lipinski definition) is 5. The van der Waals surface area contributed by atoms with Gasteiger partial charge in [-0.1, -0.05) is 12.1 Å². The second kappa shape index (κ2) is 6.92. The molecule has 0 aliphatic rings. The third-order valence-corrected chi connectivity index (χ3v) is 2.95. The highest BCUT2D eigenvalue weighted by Gasteiger charge is 2.14. The number of benzene rings is 1. The van der Waals surface area contributed by atoms with E-state index in [1.807, 2.05) is 29.7 Å². The van der Waals surface area contributed by atoms with Crippen molar-refractivity contribution in [2.75, 3.05) is 7.11 Å². The first-order valence-electron chi connectivity index (χ1n) is 6.45. The average molecular weight is 290 g/mol. The number of nitrogens with one attached hydrogen (secondary N) is 1. The lowest BCUT2D eigenvalue weighted by molar-refractivity contribution is 0.0855. The maximum Gasteiger partial charge on any atom is 0.301 e. The van der Waals surface area contributed by atoms with Crippen molar-refractivity contribution in [2.45, 2.75) is 20.1 Å². The third kappa shape index (κ3) is 3.84. The van der Waals surface area contributed by atoms with Gasteiger partial charge in [-0.25, -0.2) is 5.84 Å². The minimum atomic E-state index is -0.452. The lowest BCUT2D eigenvalue weighted by Gasteiger charge is -2.05. The highest BCUT2D eigenvalue weighted by atomic mass is 16.5. The van der Waals surface area contributed by atoms with Gasteiger partial charge in [-0.3, -0.25) is 10.2 Å². The number of methoxy groups -OCH3 is 1. The Bertz CT molecular complexity index is 622. The van der Waals surface area contributed by atoms with E-state index in [1.165, 1.54) is 0 Å². The summed E-state index contributed by atoms with van der Waals surface area (Å²) >= 11 is 0. The summed E-state index contributed by atoms with van der Waals surface area (Å²) in [5, 5.41) is 0. The third-order valence-electron chi connectivity index (χ3n) is 2.95. The number of nitrogens with two attached hydrogens (primary N) is 1. The Labute approximate surface area is 122 Å². The molecule has 0 spiro atoms. The molecule has 1 aromatic carbocycles. The quantitative estimate of drug-likeness (QED) is 0.482. The lowest BCUT2D eigenvalue weighted by Crippen LogP contribution is -2.30. The van der Waals surface area contributed by atoms with Crippen molar-refractivity contribution in [3.05, 3.63) is 53.0 Å². The van der Waals surface area contributed by atoms with Gasteiger partial charge in [0.05, 0.1) is 13.7 Å². The zero-order chi connectivity index (χ0) is 15.2. The van der Waals surface area contributed by atoms with Gasteiger partial charge in [-0.2, -0.15) is 0 Å². The van der Waals surface area contributed by atoms with Crippen molar-refractivity contribution < 1.29 is 18.7 Å². The Morgan fingerprint density at radius 1 is 1.33 bits per heavy atom. The number of ether oxygens (including phenoxy) is 2. The smallest absolute Gasteiger partial charge is 0.301 e. The molecule has 21 heavy (non-hydrogen) atoms. The van der Waals surface area contributed by atoms with E-state index in [-0.39, 0.29) is 12.4 Å². The van der Waals surface area contributed by atoms with E-state index in [0.717, 1.165) is 16.9 Å². The highest BCUT2D eigenvalue weighted by molar-refractivity contribution is 5.92. The minimum absolute atomic E-state index is 0.206. The number of carbonyl (C=O) groups is 1. The average Bonchev–Trinajstić information content (AvgIpc) is 2.87. The van der Waals surface area contributed by atoms with Crippen molar-refractivity contribution >= 4 is 5.91 Å². The van der Waals surface area contributed by atoms with Crippen LogP contribution < -0.4 is 16.0 Å². The van der Waals surface area contributed by atoms with Crippen LogP contribution in [0.5, 0.6) is 5.75 Å². The normalized spacial score (nSPS) is 10.4. The molecule has 0 fully saturated rings. The fraction of sp³-hybridized carbons (Fsp3) is 0.267. The van der Waals surface area contributed by atoms with E-state index in [2.05, 4.69) is 0 Å². The van der Waals surface area contributed by atoms with Crippen molar-refractivity contribution in [2.24, 2.45) is 5.84 Å². The molecule has 1 aromatic heterocycles. The Morgan fingerprint density at radius 2 is 2.14 bits per heavy atom. The SMILES string of the molecule is COc1cccc(COCc2cc(C)c(C(=O)NN)o2)c1. The number of rotatable bonds is 6. The van der Waals surface area contributed by atoms with Gasteiger partial charge in [0, 0.05) is 5.56 Å². The number of hydrogen-bond donors (Lipinski definition) is 2. The van der Waals surface area contributed by atoms with Crippen LogP contribution in [0, 0.1) is 6.92 Å². The van der Waals surface area contributed by atoms with E-state index >= 15 is 0 Å². The first-order chi connectivity index (χ1) is 10.1. The molecule has 0 saturated heterocycles. The summed E-state index contributed by atoms with van der Waals surface area (Å²) in [5.74, 6) is 6.20.